The molecule has 0 saturated heterocycles. The van der Waals surface area contributed by atoms with Crippen molar-refractivity contribution in [3.05, 3.63) is 81.9 Å². The third-order valence-electron chi connectivity index (χ3n) is 5.49. The molecule has 0 bridgehead atoms. The van der Waals surface area contributed by atoms with Crippen LogP contribution in [0.4, 0.5) is 0 Å². The van der Waals surface area contributed by atoms with Crippen LogP contribution < -0.4 is 24.8 Å². The molecule has 0 amide bonds. The Morgan fingerprint density at radius 3 is 1.46 bits per heavy atom. The van der Waals surface area contributed by atoms with Gasteiger partial charge >= 0.3 is 151 Å². The molecule has 2 atom stereocenters. The monoisotopic (exact) mass is 418 g/mol. The molecule has 0 N–H and O–H groups in total. The summed E-state index contributed by atoms with van der Waals surface area (Å²) < 4.78 is 3.01. The molecular weight excluding hydrogens is 395 g/mol. The Balaban J connectivity index is 0.00000121. The summed E-state index contributed by atoms with van der Waals surface area (Å²) in [5.74, 6) is 0. The predicted octanol–water partition coefficient (Wildman–Crippen LogP) is 0.141. The summed E-state index contributed by atoms with van der Waals surface area (Å²) in [4.78, 5) is 0. The van der Waals surface area contributed by atoms with E-state index in [0.29, 0.717) is 8.45 Å². The number of fused-ring (bicyclic) bond motifs is 2. The number of benzene rings is 2. The quantitative estimate of drug-likeness (QED) is 0.608. The van der Waals surface area contributed by atoms with E-state index >= 15 is 0 Å². The van der Waals surface area contributed by atoms with E-state index in [0.717, 1.165) is 0 Å². The Hall–Kier alpha value is -0.916. The van der Waals surface area contributed by atoms with Crippen LogP contribution >= 0.6 is 0 Å². The van der Waals surface area contributed by atoms with E-state index in [2.05, 4.69) is 88.4 Å². The molecule has 4 rings (SSSR count). The molecule has 0 spiro atoms. The fourth-order valence-electron chi connectivity index (χ4n) is 4.53. The molecule has 0 nitrogen and oxygen atoms in total. The van der Waals surface area contributed by atoms with E-state index in [1.165, 1.54) is 11.1 Å². The van der Waals surface area contributed by atoms with Gasteiger partial charge in [0, 0.05) is 0 Å². The Bertz CT molecular complexity index is 848. The summed E-state index contributed by atoms with van der Waals surface area (Å²) in [6, 6.07) is 18.1. The van der Waals surface area contributed by atoms with Gasteiger partial charge in [-0.1, -0.05) is 0 Å². The second kappa shape index (κ2) is 8.40. The first-order valence-electron chi connectivity index (χ1n) is 8.79. The van der Waals surface area contributed by atoms with Crippen LogP contribution in [0.15, 0.2) is 59.7 Å². The van der Waals surface area contributed by atoms with E-state index in [-0.39, 0.29) is 24.8 Å². The molecule has 2 unspecified atom stereocenters. The molecule has 2 aliphatic carbocycles. The molecule has 0 aromatic heterocycles. The predicted molar refractivity (Wildman–Crippen MR) is 102 cm³/mol. The molecule has 0 fully saturated rings. The minimum Gasteiger partial charge on any atom is -1.00 e. The first-order chi connectivity index (χ1) is 11.6. The second-order valence-electron chi connectivity index (χ2n) is 7.36. The first-order valence-corrected chi connectivity index (χ1v) is 11.4. The maximum absolute atomic E-state index is 2.43. The summed E-state index contributed by atoms with van der Waals surface area (Å²) in [6.07, 6.45) is 4.85. The van der Waals surface area contributed by atoms with E-state index in [4.69, 9.17) is 0 Å². The fraction of sp³-hybridized carbons (Fsp3) is 0.261. The number of hydrogen-bond acceptors (Lipinski definition) is 0. The number of hydrogen-bond donors (Lipinski definition) is 0. The van der Waals surface area contributed by atoms with Gasteiger partial charge in [-0.15, -0.1) is 0 Å². The van der Waals surface area contributed by atoms with Gasteiger partial charge in [0.2, 0.25) is 0 Å². The van der Waals surface area contributed by atoms with Crippen molar-refractivity contribution in [2.45, 2.75) is 36.1 Å². The molecule has 0 radical (unpaired) electrons. The van der Waals surface area contributed by atoms with Gasteiger partial charge in [-0.2, -0.15) is 0 Å². The summed E-state index contributed by atoms with van der Waals surface area (Å²) in [5.41, 5.74) is 9.18. The van der Waals surface area contributed by atoms with Crippen molar-refractivity contribution in [2.75, 3.05) is 0 Å². The Morgan fingerprint density at radius 1 is 0.692 bits per heavy atom. The van der Waals surface area contributed by atoms with Crippen LogP contribution in [-0.2, 0) is 17.4 Å². The SMILES string of the molecule is CC1=Cc2ccccc2[CH]1[Ti+2](=[C](C)C)[CH]1C(C)=Cc2ccccc21.[Cl-].[Cl-]. The van der Waals surface area contributed by atoms with Crippen LogP contribution in [0.2, 0.25) is 0 Å². The van der Waals surface area contributed by atoms with Crippen LogP contribution in [0.5, 0.6) is 0 Å². The molecule has 2 aliphatic rings. The summed E-state index contributed by atoms with van der Waals surface area (Å²) >= 11 is -1.57. The van der Waals surface area contributed by atoms with Gasteiger partial charge in [0.15, 0.2) is 0 Å². The maximum atomic E-state index is 2.43. The number of allylic oxidation sites excluding steroid dienone is 2. The summed E-state index contributed by atoms with van der Waals surface area (Å²) in [6.45, 7) is 9.47. The third-order valence-corrected chi connectivity index (χ3v) is 11.6. The van der Waals surface area contributed by atoms with Crippen LogP contribution in [0.3, 0.4) is 0 Å². The standard InChI is InChI=1S/2C10H9.C3H6.2ClH.Ti/c2*1-8-6-9-4-2-3-5-10(9)7-8;1-3-2;;;/h2*2-7H,1H3;1-2H3;2*1H;/q;;;;;+2/p-2. The molecule has 2 aromatic carbocycles. The minimum atomic E-state index is -1.57. The molecule has 26 heavy (non-hydrogen) atoms. The minimum absolute atomic E-state index is 0. The Labute approximate surface area is 175 Å². The summed E-state index contributed by atoms with van der Waals surface area (Å²) in [5, 5.41) is 0. The number of rotatable bonds is 2. The van der Waals surface area contributed by atoms with Gasteiger partial charge < -0.3 is 24.8 Å². The Morgan fingerprint density at radius 2 is 1.08 bits per heavy atom. The normalized spacial score (nSPS) is 19.0. The van der Waals surface area contributed by atoms with Crippen molar-refractivity contribution in [1.82, 2.24) is 0 Å². The van der Waals surface area contributed by atoms with E-state index in [1.54, 1.807) is 26.1 Å². The van der Waals surface area contributed by atoms with Gasteiger partial charge in [-0.25, -0.2) is 0 Å². The molecule has 134 valence electrons. The average Bonchev–Trinajstić information content (AvgIpc) is 3.05. The molecule has 0 heterocycles. The van der Waals surface area contributed by atoms with E-state index in [9.17, 15) is 0 Å². The molecule has 2 aromatic rings. The van der Waals surface area contributed by atoms with E-state index < -0.39 is 17.4 Å². The van der Waals surface area contributed by atoms with Crippen LogP contribution in [0, 0.1) is 0 Å². The van der Waals surface area contributed by atoms with Crippen molar-refractivity contribution in [1.29, 1.82) is 0 Å². The van der Waals surface area contributed by atoms with Crippen molar-refractivity contribution < 1.29 is 42.2 Å². The van der Waals surface area contributed by atoms with Gasteiger partial charge in [0.1, 0.15) is 0 Å². The number of halogens is 2. The van der Waals surface area contributed by atoms with Crippen molar-refractivity contribution >= 4 is 16.0 Å². The van der Waals surface area contributed by atoms with Crippen LogP contribution in [0.25, 0.3) is 12.2 Å². The smallest absolute Gasteiger partial charge is 1.00 e. The zero-order valence-electron chi connectivity index (χ0n) is 15.7. The van der Waals surface area contributed by atoms with Gasteiger partial charge in [0.25, 0.3) is 0 Å². The largest absolute Gasteiger partial charge is 1.00 e. The third kappa shape index (κ3) is 3.46. The topological polar surface area (TPSA) is 0 Å². The van der Waals surface area contributed by atoms with E-state index in [1.807, 2.05) is 0 Å². The first kappa shape index (κ1) is 21.4. The molecule has 0 saturated carbocycles. The van der Waals surface area contributed by atoms with Crippen molar-refractivity contribution in [2.24, 2.45) is 0 Å². The van der Waals surface area contributed by atoms with Crippen LogP contribution in [-0.4, -0.2) is 3.81 Å². The van der Waals surface area contributed by atoms with Crippen molar-refractivity contribution in [3.8, 4) is 0 Å². The maximum Gasteiger partial charge on any atom is -1.00 e. The Kier molecular flexibility index (Phi) is 6.91. The van der Waals surface area contributed by atoms with Gasteiger partial charge in [-0.05, 0) is 0 Å². The second-order valence-corrected chi connectivity index (χ2v) is 12.1. The van der Waals surface area contributed by atoms with Gasteiger partial charge in [-0.3, -0.25) is 0 Å². The van der Waals surface area contributed by atoms with Crippen molar-refractivity contribution in [3.63, 3.8) is 0 Å². The molecule has 3 heteroatoms. The zero-order chi connectivity index (χ0) is 16.8. The fourth-order valence-corrected chi connectivity index (χ4v) is 10.5. The van der Waals surface area contributed by atoms with Gasteiger partial charge in [0.05, 0.1) is 0 Å². The zero-order valence-corrected chi connectivity index (χ0v) is 18.8. The molecular formula is C23H24Cl2Ti. The molecule has 0 aliphatic heterocycles. The van der Waals surface area contributed by atoms with Crippen LogP contribution in [0.1, 0.15) is 58.4 Å². The summed E-state index contributed by atoms with van der Waals surface area (Å²) in [7, 11) is 0. The average molecular weight is 419 g/mol.